The molecule has 1 N–H and O–H groups in total. The second-order valence-electron chi connectivity index (χ2n) is 3.19. The van der Waals surface area contributed by atoms with Gasteiger partial charge < -0.3 is 9.84 Å². The average molecular weight is 233 g/mol. The summed E-state index contributed by atoms with van der Waals surface area (Å²) < 4.78 is 17.3. The predicted molar refractivity (Wildman–Crippen MR) is 53.0 cm³/mol. The first-order chi connectivity index (χ1) is 6.89. The molecule has 0 aliphatic heterocycles. The van der Waals surface area contributed by atoms with Crippen molar-refractivity contribution in [1.82, 2.24) is 0 Å². The summed E-state index contributed by atoms with van der Waals surface area (Å²) >= 11 is 5.53. The number of benzene rings is 1. The van der Waals surface area contributed by atoms with Crippen molar-refractivity contribution >= 4 is 17.6 Å². The van der Waals surface area contributed by atoms with Gasteiger partial charge >= 0.3 is 5.97 Å². The molecule has 5 heteroatoms. The summed E-state index contributed by atoms with van der Waals surface area (Å²) in [7, 11) is 1.15. The number of hydrogen-bond acceptors (Lipinski definition) is 3. The Morgan fingerprint density at radius 3 is 2.67 bits per heavy atom. The van der Waals surface area contributed by atoms with Crippen molar-refractivity contribution < 1.29 is 19.0 Å². The van der Waals surface area contributed by atoms with Crippen molar-refractivity contribution in [2.24, 2.45) is 0 Å². The van der Waals surface area contributed by atoms with E-state index in [-0.39, 0.29) is 10.6 Å². The van der Waals surface area contributed by atoms with Gasteiger partial charge in [-0.2, -0.15) is 0 Å². The number of halogens is 2. The number of aliphatic hydroxyl groups is 1. The highest BCUT2D eigenvalue weighted by molar-refractivity contribution is 6.30. The van der Waals surface area contributed by atoms with Crippen LogP contribution in [-0.4, -0.2) is 18.2 Å². The van der Waals surface area contributed by atoms with E-state index in [1.165, 1.54) is 19.1 Å². The highest BCUT2D eigenvalue weighted by atomic mass is 35.5. The monoisotopic (exact) mass is 232 g/mol. The third-order valence-electron chi connectivity index (χ3n) is 2.06. The number of rotatable bonds is 2. The van der Waals surface area contributed by atoms with Gasteiger partial charge in [-0.05, 0) is 24.6 Å². The minimum absolute atomic E-state index is 0.156. The number of hydrogen-bond donors (Lipinski definition) is 1. The van der Waals surface area contributed by atoms with Gasteiger partial charge in [-0.1, -0.05) is 17.7 Å². The van der Waals surface area contributed by atoms with E-state index in [1.807, 2.05) is 0 Å². The molecule has 3 nitrogen and oxygen atoms in total. The van der Waals surface area contributed by atoms with Crippen LogP contribution in [0.1, 0.15) is 12.5 Å². The van der Waals surface area contributed by atoms with Crippen LogP contribution in [0.5, 0.6) is 0 Å². The fourth-order valence-corrected chi connectivity index (χ4v) is 1.30. The van der Waals surface area contributed by atoms with Gasteiger partial charge in [0, 0.05) is 0 Å². The Hall–Kier alpha value is -1.13. The average Bonchev–Trinajstić information content (AvgIpc) is 2.20. The maximum atomic E-state index is 12.8. The van der Waals surface area contributed by atoms with Crippen LogP contribution in [0, 0.1) is 5.82 Å². The lowest BCUT2D eigenvalue weighted by Crippen LogP contribution is -2.33. The highest BCUT2D eigenvalue weighted by Gasteiger charge is 2.34. The molecular weight excluding hydrogens is 223 g/mol. The molecular formula is C10H10ClFO3. The zero-order valence-electron chi connectivity index (χ0n) is 8.25. The first kappa shape index (κ1) is 11.9. The summed E-state index contributed by atoms with van der Waals surface area (Å²) in [5.74, 6) is -1.44. The van der Waals surface area contributed by atoms with Crippen molar-refractivity contribution in [3.8, 4) is 0 Å². The first-order valence-electron chi connectivity index (χ1n) is 4.16. The van der Waals surface area contributed by atoms with Crippen molar-refractivity contribution in [1.29, 1.82) is 0 Å². The quantitative estimate of drug-likeness (QED) is 0.792. The summed E-state index contributed by atoms with van der Waals surface area (Å²) in [5, 5.41) is 9.66. The minimum Gasteiger partial charge on any atom is -0.467 e. The summed E-state index contributed by atoms with van der Waals surface area (Å²) in [5.41, 5.74) is -1.65. The molecule has 0 saturated carbocycles. The summed E-state index contributed by atoms with van der Waals surface area (Å²) in [6.45, 7) is 1.25. The van der Waals surface area contributed by atoms with E-state index in [1.54, 1.807) is 0 Å². The third kappa shape index (κ3) is 2.27. The Morgan fingerprint density at radius 1 is 1.60 bits per heavy atom. The molecule has 1 unspecified atom stereocenters. The van der Waals surface area contributed by atoms with Gasteiger partial charge in [-0.15, -0.1) is 0 Å². The molecule has 0 bridgehead atoms. The van der Waals surface area contributed by atoms with Crippen LogP contribution in [0.4, 0.5) is 4.39 Å². The summed E-state index contributed by atoms with van der Waals surface area (Å²) in [6.07, 6.45) is 0. The Bertz CT molecular complexity index is 390. The SMILES string of the molecule is COC(=O)C(C)(O)c1ccc(F)c(Cl)c1. The second-order valence-corrected chi connectivity index (χ2v) is 3.60. The van der Waals surface area contributed by atoms with E-state index in [9.17, 15) is 14.3 Å². The molecule has 0 amide bonds. The van der Waals surface area contributed by atoms with Crippen LogP contribution in [0.25, 0.3) is 0 Å². The molecule has 82 valence electrons. The van der Waals surface area contributed by atoms with Gasteiger partial charge in [0.2, 0.25) is 0 Å². The molecule has 0 radical (unpaired) electrons. The van der Waals surface area contributed by atoms with E-state index in [0.717, 1.165) is 13.2 Å². The fourth-order valence-electron chi connectivity index (χ4n) is 1.12. The molecule has 0 aromatic heterocycles. The molecule has 0 aliphatic carbocycles. The Morgan fingerprint density at radius 2 is 2.20 bits per heavy atom. The van der Waals surface area contributed by atoms with Gasteiger partial charge in [0.25, 0.3) is 0 Å². The predicted octanol–water partition coefficient (Wildman–Crippen LogP) is 1.86. The lowest BCUT2D eigenvalue weighted by Gasteiger charge is -2.20. The molecule has 1 aromatic carbocycles. The van der Waals surface area contributed by atoms with E-state index in [0.29, 0.717) is 0 Å². The topological polar surface area (TPSA) is 46.5 Å². The standard InChI is InChI=1S/C10H10ClFO3/c1-10(14,9(13)15-2)6-3-4-8(12)7(11)5-6/h3-5,14H,1-2H3. The van der Waals surface area contributed by atoms with Gasteiger partial charge in [-0.25, -0.2) is 9.18 Å². The van der Waals surface area contributed by atoms with Crippen LogP contribution < -0.4 is 0 Å². The van der Waals surface area contributed by atoms with Crippen molar-refractivity contribution in [3.05, 3.63) is 34.6 Å². The third-order valence-corrected chi connectivity index (χ3v) is 2.35. The zero-order chi connectivity index (χ0) is 11.6. The van der Waals surface area contributed by atoms with Gasteiger partial charge in [-0.3, -0.25) is 0 Å². The number of ether oxygens (including phenoxy) is 1. The molecule has 0 saturated heterocycles. The molecule has 0 aliphatic rings. The zero-order valence-corrected chi connectivity index (χ0v) is 9.01. The number of esters is 1. The van der Waals surface area contributed by atoms with Crippen LogP contribution in [0.15, 0.2) is 18.2 Å². The van der Waals surface area contributed by atoms with Gasteiger partial charge in [0.1, 0.15) is 5.82 Å². The largest absolute Gasteiger partial charge is 0.467 e. The number of carbonyl (C=O) groups is 1. The maximum Gasteiger partial charge on any atom is 0.342 e. The molecule has 1 aromatic rings. The molecule has 1 rings (SSSR count). The lowest BCUT2D eigenvalue weighted by molar-refractivity contribution is -0.161. The van der Waals surface area contributed by atoms with Crippen LogP contribution in [-0.2, 0) is 15.1 Å². The molecule has 0 spiro atoms. The van der Waals surface area contributed by atoms with E-state index in [2.05, 4.69) is 4.74 Å². The van der Waals surface area contributed by atoms with Gasteiger partial charge in [0.05, 0.1) is 12.1 Å². The lowest BCUT2D eigenvalue weighted by atomic mass is 9.96. The number of methoxy groups -OCH3 is 1. The maximum absolute atomic E-state index is 12.8. The van der Waals surface area contributed by atoms with Crippen molar-refractivity contribution in [2.75, 3.05) is 7.11 Å². The normalized spacial score (nSPS) is 14.5. The van der Waals surface area contributed by atoms with Crippen LogP contribution >= 0.6 is 11.6 Å². The van der Waals surface area contributed by atoms with Crippen LogP contribution in [0.3, 0.4) is 0 Å². The second kappa shape index (κ2) is 4.16. The van der Waals surface area contributed by atoms with Crippen LogP contribution in [0.2, 0.25) is 5.02 Å². The summed E-state index contributed by atoms with van der Waals surface area (Å²) in [6, 6.07) is 3.54. The van der Waals surface area contributed by atoms with E-state index < -0.39 is 17.4 Å². The molecule has 1 atom stereocenters. The van der Waals surface area contributed by atoms with Crippen molar-refractivity contribution in [2.45, 2.75) is 12.5 Å². The Kier molecular flexibility index (Phi) is 3.31. The van der Waals surface area contributed by atoms with Crippen molar-refractivity contribution in [3.63, 3.8) is 0 Å². The van der Waals surface area contributed by atoms with E-state index in [4.69, 9.17) is 11.6 Å². The fraction of sp³-hybridized carbons (Fsp3) is 0.300. The van der Waals surface area contributed by atoms with Gasteiger partial charge in [0.15, 0.2) is 5.60 Å². The smallest absolute Gasteiger partial charge is 0.342 e. The van der Waals surface area contributed by atoms with E-state index >= 15 is 0 Å². The molecule has 0 heterocycles. The molecule has 0 fully saturated rings. The highest BCUT2D eigenvalue weighted by Crippen LogP contribution is 2.26. The minimum atomic E-state index is -1.83. The molecule has 15 heavy (non-hydrogen) atoms. The Labute approximate surface area is 91.4 Å². The first-order valence-corrected chi connectivity index (χ1v) is 4.53. The number of carbonyl (C=O) groups excluding carboxylic acids is 1. The summed E-state index contributed by atoms with van der Waals surface area (Å²) in [4.78, 5) is 11.2. The Balaban J connectivity index is 3.16.